The molecule has 5 nitrogen and oxygen atoms in total. The minimum absolute atomic E-state index is 0.0727. The molecule has 22 heavy (non-hydrogen) atoms. The Hall–Kier alpha value is -2.08. The van der Waals surface area contributed by atoms with E-state index in [9.17, 15) is 9.59 Å². The molecule has 1 aliphatic heterocycles. The van der Waals surface area contributed by atoms with Gasteiger partial charge < -0.3 is 4.90 Å². The van der Waals surface area contributed by atoms with Crippen LogP contribution in [-0.2, 0) is 4.79 Å². The normalized spacial score (nSPS) is 17.7. The molecule has 1 fully saturated rings. The fourth-order valence-corrected chi connectivity index (χ4v) is 3.75. The van der Waals surface area contributed by atoms with Gasteiger partial charge in [-0.15, -0.1) is 11.8 Å². The van der Waals surface area contributed by atoms with E-state index in [1.807, 2.05) is 43.3 Å². The number of thioether (sulfide) groups is 1. The maximum atomic E-state index is 12.7. The number of aryl methyl sites for hydroxylation is 1. The molecule has 0 spiro atoms. The van der Waals surface area contributed by atoms with E-state index >= 15 is 0 Å². The Morgan fingerprint density at radius 3 is 2.68 bits per heavy atom. The zero-order chi connectivity index (χ0) is 15.7. The van der Waals surface area contributed by atoms with Crippen LogP contribution in [0.4, 0.5) is 0 Å². The summed E-state index contributed by atoms with van der Waals surface area (Å²) >= 11 is 1.49. The van der Waals surface area contributed by atoms with Crippen molar-refractivity contribution in [2.75, 3.05) is 12.3 Å². The van der Waals surface area contributed by atoms with Crippen LogP contribution in [0, 0.1) is 6.92 Å². The van der Waals surface area contributed by atoms with E-state index in [0.717, 1.165) is 22.7 Å². The van der Waals surface area contributed by atoms with Crippen LogP contribution < -0.4 is 0 Å². The molecule has 0 bridgehead atoms. The topological polar surface area (TPSA) is 55.2 Å². The lowest BCUT2D eigenvalue weighted by Crippen LogP contribution is -2.40. The van der Waals surface area contributed by atoms with Crippen LogP contribution >= 0.6 is 11.8 Å². The molecule has 0 N–H and O–H groups in total. The summed E-state index contributed by atoms with van der Waals surface area (Å²) in [6, 6.07) is 11.6. The molecule has 0 radical (unpaired) electrons. The van der Waals surface area contributed by atoms with Crippen molar-refractivity contribution in [3.05, 3.63) is 42.1 Å². The smallest absolute Gasteiger partial charge is 0.280 e. The lowest BCUT2D eigenvalue weighted by molar-refractivity contribution is -0.128. The molecule has 1 amide bonds. The van der Waals surface area contributed by atoms with Gasteiger partial charge in [0.25, 0.3) is 5.91 Å². The van der Waals surface area contributed by atoms with Gasteiger partial charge in [-0.25, -0.2) is 4.68 Å². The van der Waals surface area contributed by atoms with E-state index in [1.165, 1.54) is 23.4 Å². The maximum absolute atomic E-state index is 12.7. The molecular formula is C16H17N3O2S. The summed E-state index contributed by atoms with van der Waals surface area (Å²) in [5.74, 6) is 0.552. The van der Waals surface area contributed by atoms with E-state index in [4.69, 9.17) is 0 Å². The Morgan fingerprint density at radius 2 is 2.00 bits per heavy atom. The van der Waals surface area contributed by atoms with Gasteiger partial charge in [-0.1, -0.05) is 30.3 Å². The highest BCUT2D eigenvalue weighted by Gasteiger charge is 2.35. The third kappa shape index (κ3) is 2.66. The standard InChI is InChI=1S/C16H17N3O2S/c1-11-10-14(13-6-4-3-5-7-13)17-19(11)15(21)16-18(12(2)20)8-9-22-16/h3-7,10,16H,8-9H2,1-2H3. The average Bonchev–Trinajstić information content (AvgIpc) is 3.14. The molecule has 2 aromatic rings. The number of aromatic nitrogens is 2. The summed E-state index contributed by atoms with van der Waals surface area (Å²) < 4.78 is 1.42. The van der Waals surface area contributed by atoms with Gasteiger partial charge in [0.05, 0.1) is 5.69 Å². The van der Waals surface area contributed by atoms with Crippen LogP contribution in [0.25, 0.3) is 11.3 Å². The van der Waals surface area contributed by atoms with Crippen LogP contribution in [0.3, 0.4) is 0 Å². The average molecular weight is 315 g/mol. The number of carbonyl (C=O) groups is 2. The first-order chi connectivity index (χ1) is 10.6. The molecule has 114 valence electrons. The van der Waals surface area contributed by atoms with Crippen molar-refractivity contribution in [1.29, 1.82) is 0 Å². The van der Waals surface area contributed by atoms with Gasteiger partial charge in [-0.2, -0.15) is 5.10 Å². The second kappa shape index (κ2) is 5.96. The quantitative estimate of drug-likeness (QED) is 0.854. The summed E-state index contributed by atoms with van der Waals surface area (Å²) in [6.45, 7) is 3.97. The Bertz CT molecular complexity index is 711. The number of rotatable bonds is 2. The monoisotopic (exact) mass is 315 g/mol. The first-order valence-corrected chi connectivity index (χ1v) is 8.18. The van der Waals surface area contributed by atoms with Gasteiger partial charge in [0.1, 0.15) is 0 Å². The van der Waals surface area contributed by atoms with Crippen molar-refractivity contribution in [1.82, 2.24) is 14.7 Å². The number of hydrogen-bond acceptors (Lipinski definition) is 4. The first-order valence-electron chi connectivity index (χ1n) is 7.13. The van der Waals surface area contributed by atoms with Crippen LogP contribution in [-0.4, -0.2) is 44.2 Å². The van der Waals surface area contributed by atoms with Crippen molar-refractivity contribution < 1.29 is 9.59 Å². The van der Waals surface area contributed by atoms with Gasteiger partial charge in [-0.05, 0) is 13.0 Å². The lowest BCUT2D eigenvalue weighted by Gasteiger charge is -2.21. The molecule has 1 aromatic carbocycles. The third-order valence-corrected chi connectivity index (χ3v) is 4.86. The van der Waals surface area contributed by atoms with E-state index in [0.29, 0.717) is 6.54 Å². The zero-order valence-electron chi connectivity index (χ0n) is 12.5. The molecule has 1 saturated heterocycles. The van der Waals surface area contributed by atoms with Crippen LogP contribution in [0.5, 0.6) is 0 Å². The van der Waals surface area contributed by atoms with Crippen LogP contribution in [0.15, 0.2) is 36.4 Å². The predicted molar refractivity (Wildman–Crippen MR) is 86.7 cm³/mol. The fraction of sp³-hybridized carbons (Fsp3) is 0.312. The number of carbonyl (C=O) groups excluding carboxylic acids is 2. The molecule has 0 saturated carbocycles. The van der Waals surface area contributed by atoms with Gasteiger partial charge in [-0.3, -0.25) is 9.59 Å². The first kappa shape index (κ1) is 14.8. The minimum atomic E-state index is -0.472. The molecule has 6 heteroatoms. The fourth-order valence-electron chi connectivity index (χ4n) is 2.55. The molecule has 3 rings (SSSR count). The summed E-state index contributed by atoms with van der Waals surface area (Å²) in [6.07, 6.45) is 0. The van der Waals surface area contributed by atoms with Crippen molar-refractivity contribution in [2.45, 2.75) is 19.2 Å². The second-order valence-electron chi connectivity index (χ2n) is 5.22. The Kier molecular flexibility index (Phi) is 4.02. The van der Waals surface area contributed by atoms with Gasteiger partial charge in [0.2, 0.25) is 5.91 Å². The summed E-state index contributed by atoms with van der Waals surface area (Å²) in [4.78, 5) is 26.0. The van der Waals surface area contributed by atoms with E-state index in [2.05, 4.69) is 5.10 Å². The number of amides is 1. The highest BCUT2D eigenvalue weighted by molar-refractivity contribution is 8.00. The van der Waals surface area contributed by atoms with Crippen molar-refractivity contribution in [3.63, 3.8) is 0 Å². The highest BCUT2D eigenvalue weighted by Crippen LogP contribution is 2.26. The summed E-state index contributed by atoms with van der Waals surface area (Å²) in [5.41, 5.74) is 2.52. The molecule has 1 aliphatic rings. The van der Waals surface area contributed by atoms with Crippen molar-refractivity contribution in [2.24, 2.45) is 0 Å². The molecular weight excluding hydrogens is 298 g/mol. The third-order valence-electron chi connectivity index (χ3n) is 3.67. The lowest BCUT2D eigenvalue weighted by atomic mass is 10.1. The summed E-state index contributed by atoms with van der Waals surface area (Å²) in [5, 5.41) is 3.96. The van der Waals surface area contributed by atoms with Gasteiger partial charge >= 0.3 is 0 Å². The summed E-state index contributed by atoms with van der Waals surface area (Å²) in [7, 11) is 0. The van der Waals surface area contributed by atoms with Crippen molar-refractivity contribution in [3.8, 4) is 11.3 Å². The van der Waals surface area contributed by atoms with E-state index < -0.39 is 5.37 Å². The SMILES string of the molecule is CC(=O)N1CCSC1C(=O)n1nc(-c2ccccc2)cc1C. The molecule has 1 unspecified atom stereocenters. The van der Waals surface area contributed by atoms with Gasteiger partial charge in [0.15, 0.2) is 5.37 Å². The van der Waals surface area contributed by atoms with E-state index in [1.54, 1.807) is 4.90 Å². The number of hydrogen-bond donors (Lipinski definition) is 0. The van der Waals surface area contributed by atoms with Gasteiger partial charge in [0, 0.05) is 30.5 Å². The Morgan fingerprint density at radius 1 is 1.27 bits per heavy atom. The van der Waals surface area contributed by atoms with Crippen LogP contribution in [0.2, 0.25) is 0 Å². The minimum Gasteiger partial charge on any atom is -0.321 e. The Labute approximate surface area is 133 Å². The zero-order valence-corrected chi connectivity index (χ0v) is 13.3. The maximum Gasteiger partial charge on any atom is 0.280 e. The predicted octanol–water partition coefficient (Wildman–Crippen LogP) is 2.42. The molecule has 1 atom stereocenters. The molecule has 1 aromatic heterocycles. The number of benzene rings is 1. The van der Waals surface area contributed by atoms with E-state index in [-0.39, 0.29) is 11.8 Å². The highest BCUT2D eigenvalue weighted by atomic mass is 32.2. The van der Waals surface area contributed by atoms with Crippen LogP contribution in [0.1, 0.15) is 17.4 Å². The molecule has 2 heterocycles. The van der Waals surface area contributed by atoms with Crippen molar-refractivity contribution >= 4 is 23.6 Å². The largest absolute Gasteiger partial charge is 0.321 e. The molecule has 0 aliphatic carbocycles. The number of nitrogens with zero attached hydrogens (tertiary/aromatic N) is 3. The second-order valence-corrected chi connectivity index (χ2v) is 6.41. The Balaban J connectivity index is 1.91.